The van der Waals surface area contributed by atoms with Gasteiger partial charge < -0.3 is 11.0 Å². The van der Waals surface area contributed by atoms with E-state index in [1.807, 2.05) is 0 Å². The summed E-state index contributed by atoms with van der Waals surface area (Å²) in [7, 11) is 0. The maximum absolute atomic E-state index is 6.75. The van der Waals surface area contributed by atoms with Crippen molar-refractivity contribution in [2.24, 2.45) is 0 Å². The molecule has 0 aromatic carbocycles. The van der Waals surface area contributed by atoms with E-state index in [1.165, 1.54) is 0 Å². The van der Waals surface area contributed by atoms with Crippen LogP contribution in [0.3, 0.4) is 0 Å². The quantitative estimate of drug-likeness (QED) is 0.341. The van der Waals surface area contributed by atoms with Crippen molar-refractivity contribution in [2.45, 2.75) is 0 Å². The van der Waals surface area contributed by atoms with Gasteiger partial charge in [-0.1, -0.05) is 0 Å². The second-order valence-corrected chi connectivity index (χ2v) is 0.447. The molecular weight excluding hydrogens is 132 g/mol. The lowest BCUT2D eigenvalue weighted by molar-refractivity contribution is -0.670. The van der Waals surface area contributed by atoms with Crippen LogP contribution < -0.4 is 11.1 Å². The molecule has 9 nitrogen and oxygen atoms in total. The number of hydrogen-bond acceptors (Lipinski definition) is 5. The Bertz CT molecular complexity index is 64.8. The van der Waals surface area contributed by atoms with Crippen molar-refractivity contribution in [1.82, 2.24) is 26.1 Å². The largest absolute Gasteiger partial charge is 0.412 e. The normalized spacial score (nSPS) is 5.11. The Hall–Kier alpha value is -1.16. The molecule has 8 N–H and O–H groups in total. The van der Waals surface area contributed by atoms with Gasteiger partial charge in [0.15, 0.2) is 0 Å². The van der Waals surface area contributed by atoms with Gasteiger partial charge in [-0.05, 0) is 0 Å². The molecule has 0 unspecified atom stereocenters. The van der Waals surface area contributed by atoms with E-state index in [0.717, 1.165) is 0 Å². The molecule has 0 fully saturated rings. The SMILES string of the molecule is O.O.[NH3+]O.n1nn[n-]n1. The van der Waals surface area contributed by atoms with Gasteiger partial charge in [-0.2, -0.15) is 15.6 Å². The number of hydrogen-bond donors (Lipinski definition) is 2. The molecule has 0 amide bonds. The predicted octanol–water partition coefficient (Wildman–Crippen LogP) is -4.81. The van der Waals surface area contributed by atoms with Crippen molar-refractivity contribution in [3.63, 3.8) is 0 Å². The number of aromatic nitrogens is 5. The fourth-order valence-electron chi connectivity index (χ4n) is 0.0894. The highest BCUT2D eigenvalue weighted by Crippen LogP contribution is 1.28. The van der Waals surface area contributed by atoms with Gasteiger partial charge in [0.2, 0.25) is 0 Å². The van der Waals surface area contributed by atoms with Crippen LogP contribution in [0.2, 0.25) is 0 Å². The minimum absolute atomic E-state index is 0. The van der Waals surface area contributed by atoms with Crippen molar-refractivity contribution >= 4 is 0 Å². The topological polar surface area (TPSA) is 177 Å². The lowest BCUT2D eigenvalue weighted by atomic mass is 12.7. The maximum Gasteiger partial charge on any atom is -0.173 e. The second-order valence-electron chi connectivity index (χ2n) is 0.447. The summed E-state index contributed by atoms with van der Waals surface area (Å²) < 4.78 is 0. The summed E-state index contributed by atoms with van der Waals surface area (Å²) in [6.07, 6.45) is 0. The van der Waals surface area contributed by atoms with Crippen LogP contribution in [-0.4, -0.2) is 37.0 Å². The molecule has 0 spiro atoms. The van der Waals surface area contributed by atoms with E-state index in [2.05, 4.69) is 32.0 Å². The van der Waals surface area contributed by atoms with Gasteiger partial charge in [0, 0.05) is 0 Å². The molecule has 1 aromatic heterocycles. The number of quaternary nitrogens is 1. The summed E-state index contributed by atoms with van der Waals surface area (Å²) in [6.45, 7) is 0. The lowest BCUT2D eigenvalue weighted by Gasteiger charge is -1.54. The van der Waals surface area contributed by atoms with Crippen LogP contribution in [0.5, 0.6) is 0 Å². The van der Waals surface area contributed by atoms with Crippen LogP contribution in [0.25, 0.3) is 0 Å². The first-order valence-corrected chi connectivity index (χ1v) is 1.32. The van der Waals surface area contributed by atoms with Gasteiger partial charge in [0.25, 0.3) is 0 Å². The zero-order chi connectivity index (χ0) is 5.54. The molecule has 0 aliphatic heterocycles. The highest BCUT2D eigenvalue weighted by Gasteiger charge is 1.44. The predicted molar refractivity (Wildman–Crippen MR) is 22.8 cm³/mol. The first kappa shape index (κ1) is 15.7. The molecule has 0 atom stereocenters. The summed E-state index contributed by atoms with van der Waals surface area (Å²) >= 11 is 0. The van der Waals surface area contributed by atoms with Crippen LogP contribution in [0.1, 0.15) is 0 Å². The zero-order valence-corrected chi connectivity index (χ0v) is 4.39. The van der Waals surface area contributed by atoms with Crippen molar-refractivity contribution < 1.29 is 22.1 Å². The zero-order valence-electron chi connectivity index (χ0n) is 4.39. The Morgan fingerprint density at radius 2 is 1.33 bits per heavy atom. The lowest BCUT2D eigenvalue weighted by Crippen LogP contribution is -2.42. The third kappa shape index (κ3) is 10.9. The molecule has 1 aromatic rings. The maximum atomic E-state index is 6.75. The fourth-order valence-corrected chi connectivity index (χ4v) is 0.0894. The molecule has 1 heterocycles. The number of rotatable bonds is 0. The minimum Gasteiger partial charge on any atom is -0.412 e. The van der Waals surface area contributed by atoms with Crippen LogP contribution in [0, 0.1) is 0 Å². The highest BCUT2D eigenvalue weighted by atomic mass is 16.4. The van der Waals surface area contributed by atoms with Crippen molar-refractivity contribution in [1.29, 1.82) is 0 Å². The van der Waals surface area contributed by atoms with Crippen molar-refractivity contribution in [2.75, 3.05) is 0 Å². The third-order valence-corrected chi connectivity index (χ3v) is 0.200. The van der Waals surface area contributed by atoms with Gasteiger partial charge in [-0.25, -0.2) is 21.5 Å². The van der Waals surface area contributed by atoms with Crippen LogP contribution >= 0.6 is 0 Å². The molecule has 0 saturated carbocycles. The Balaban J connectivity index is -0.0000000836. The molecule has 0 radical (unpaired) electrons. The average Bonchev–Trinajstić information content (AvgIpc) is 2.23. The molecule has 0 aliphatic rings. The average molecular weight is 140 g/mol. The Morgan fingerprint density at radius 1 is 1.00 bits per heavy atom. The summed E-state index contributed by atoms with van der Waals surface area (Å²) in [4.78, 5) is 0. The van der Waals surface area contributed by atoms with Crippen molar-refractivity contribution in [3.8, 4) is 0 Å². The Labute approximate surface area is 49.4 Å². The summed E-state index contributed by atoms with van der Waals surface area (Å²) in [6, 6.07) is 0. The Kier molecular flexibility index (Phi) is 27.5. The van der Waals surface area contributed by atoms with Gasteiger partial charge in [-0.15, -0.1) is 0 Å². The first-order valence-electron chi connectivity index (χ1n) is 1.32. The molecule has 9 heavy (non-hydrogen) atoms. The standard InChI is InChI=1S/N5.H4NO.2H2O/c1-2-4-5-3-1;1-2;;/h;2H,1H3;2*1H2/q-1;+1;;. The van der Waals surface area contributed by atoms with E-state index >= 15 is 0 Å². The highest BCUT2D eigenvalue weighted by molar-refractivity contribution is 3.82. The van der Waals surface area contributed by atoms with Gasteiger partial charge in [0.1, 0.15) is 0 Å². The third-order valence-electron chi connectivity index (χ3n) is 0.200. The van der Waals surface area contributed by atoms with E-state index in [-0.39, 0.29) is 11.0 Å². The van der Waals surface area contributed by atoms with E-state index < -0.39 is 0 Å². The second kappa shape index (κ2) is 15.8. The van der Waals surface area contributed by atoms with Crippen molar-refractivity contribution in [3.05, 3.63) is 0 Å². The van der Waals surface area contributed by atoms with E-state index in [1.54, 1.807) is 0 Å². The van der Waals surface area contributed by atoms with Gasteiger partial charge in [0.05, 0.1) is 0 Å². The van der Waals surface area contributed by atoms with Gasteiger partial charge in [-0.3, -0.25) is 0 Å². The smallest absolute Gasteiger partial charge is 0.173 e. The van der Waals surface area contributed by atoms with E-state index in [9.17, 15) is 0 Å². The number of nitrogens with zero attached hydrogens (tertiary/aromatic N) is 5. The first-order chi connectivity index (χ1) is 3.50. The van der Waals surface area contributed by atoms with Crippen LogP contribution in [0.15, 0.2) is 0 Å². The Morgan fingerprint density at radius 3 is 1.44 bits per heavy atom. The summed E-state index contributed by atoms with van der Waals surface area (Å²) in [5.74, 6) is 2.25. The molecule has 0 aliphatic carbocycles. The molecule has 0 bridgehead atoms. The molecular formula is H8N6O3. The monoisotopic (exact) mass is 140 g/mol. The summed E-state index contributed by atoms with van der Waals surface area (Å²) in [5.41, 5.74) is 0. The molecule has 0 saturated heterocycles. The van der Waals surface area contributed by atoms with E-state index in [0.29, 0.717) is 0 Å². The fraction of sp³-hybridized carbons (Fsp3) is 0. The van der Waals surface area contributed by atoms with Gasteiger partial charge >= 0.3 is 0 Å². The van der Waals surface area contributed by atoms with E-state index in [4.69, 9.17) is 5.21 Å². The molecule has 56 valence electrons. The molecule has 9 heteroatoms. The minimum atomic E-state index is 0. The van der Waals surface area contributed by atoms with Crippen LogP contribution in [0.4, 0.5) is 0 Å². The molecule has 1 rings (SSSR count). The van der Waals surface area contributed by atoms with Crippen LogP contribution in [-0.2, 0) is 0 Å². The summed E-state index contributed by atoms with van der Waals surface area (Å²) in [5, 5.41) is 21.8.